The molecule has 148 valence electrons. The molecule has 0 saturated heterocycles. The van der Waals surface area contributed by atoms with E-state index in [1.807, 2.05) is 0 Å². The fourth-order valence-corrected chi connectivity index (χ4v) is 2.26. The first-order valence-electron chi connectivity index (χ1n) is 8.54. The van der Waals surface area contributed by atoms with Crippen molar-refractivity contribution in [3.05, 3.63) is 29.8 Å². The van der Waals surface area contributed by atoms with Crippen molar-refractivity contribution in [2.45, 2.75) is 52.1 Å². The summed E-state index contributed by atoms with van der Waals surface area (Å²) < 4.78 is 9.36. The number of aliphatic carboxylic acids is 1. The third kappa shape index (κ3) is 7.57. The fraction of sp³-hybridized carbons (Fsp3) is 0.474. The molecule has 2 N–H and O–H groups in total. The molecular formula is C19H24O8. The predicted octanol–water partition coefficient (Wildman–Crippen LogP) is 1.87. The zero-order chi connectivity index (χ0) is 20.6. The van der Waals surface area contributed by atoms with Gasteiger partial charge in [0.05, 0.1) is 12.8 Å². The molecule has 0 heterocycles. The molecule has 0 aliphatic rings. The Kier molecular flexibility index (Phi) is 8.11. The molecule has 0 radical (unpaired) electrons. The van der Waals surface area contributed by atoms with E-state index in [0.29, 0.717) is 5.92 Å². The lowest BCUT2D eigenvalue weighted by Gasteiger charge is -2.21. The van der Waals surface area contributed by atoms with Crippen molar-refractivity contribution in [2.24, 2.45) is 5.92 Å². The minimum atomic E-state index is -2.74. The summed E-state index contributed by atoms with van der Waals surface area (Å²) in [7, 11) is 0. The number of hydrogen-bond acceptors (Lipinski definition) is 7. The minimum absolute atomic E-state index is 0.0912. The summed E-state index contributed by atoms with van der Waals surface area (Å²) in [5.41, 5.74) is -1.69. The monoisotopic (exact) mass is 380 g/mol. The number of aliphatic hydroxyl groups is 1. The molecule has 27 heavy (non-hydrogen) atoms. The number of carboxylic acids is 1. The Morgan fingerprint density at radius 2 is 1.56 bits per heavy atom. The smallest absolute Gasteiger partial charge is 0.336 e. The molecule has 0 aliphatic carbocycles. The van der Waals surface area contributed by atoms with Crippen LogP contribution in [0.2, 0.25) is 0 Å². The zero-order valence-electron chi connectivity index (χ0n) is 15.6. The maximum absolute atomic E-state index is 12.0. The van der Waals surface area contributed by atoms with Gasteiger partial charge in [0.2, 0.25) is 0 Å². The standard InChI is InChI=1S/C19H24O8/c1-4-15(20)27-17(22)11-19(25,18(23)24)10-16(21)26-14-7-5-13(6-8-14)9-12(2)3/h5-8,12,25H,4,9-11H2,1-3H3,(H,23,24)/t19-/m0/s1. The van der Waals surface area contributed by atoms with Crippen molar-refractivity contribution in [1.29, 1.82) is 0 Å². The molecule has 1 atom stereocenters. The van der Waals surface area contributed by atoms with Gasteiger partial charge in [-0.15, -0.1) is 0 Å². The number of esters is 3. The van der Waals surface area contributed by atoms with Gasteiger partial charge in [-0.3, -0.25) is 14.4 Å². The molecule has 8 heteroatoms. The first-order valence-corrected chi connectivity index (χ1v) is 8.54. The van der Waals surface area contributed by atoms with Crippen LogP contribution >= 0.6 is 0 Å². The molecule has 0 aliphatic heterocycles. The van der Waals surface area contributed by atoms with Gasteiger partial charge >= 0.3 is 23.9 Å². The topological polar surface area (TPSA) is 127 Å². The summed E-state index contributed by atoms with van der Waals surface area (Å²) in [6.07, 6.45) is -1.28. The Bertz CT molecular complexity index is 692. The zero-order valence-corrected chi connectivity index (χ0v) is 15.6. The second kappa shape index (κ2) is 9.82. The van der Waals surface area contributed by atoms with Gasteiger partial charge in [-0.2, -0.15) is 0 Å². The van der Waals surface area contributed by atoms with Crippen LogP contribution in [0, 0.1) is 5.92 Å². The van der Waals surface area contributed by atoms with E-state index in [1.54, 1.807) is 24.3 Å². The first kappa shape index (κ1) is 22.3. The minimum Gasteiger partial charge on any atom is -0.479 e. The highest BCUT2D eigenvalue weighted by atomic mass is 16.6. The van der Waals surface area contributed by atoms with Crippen molar-refractivity contribution in [3.63, 3.8) is 0 Å². The van der Waals surface area contributed by atoms with Gasteiger partial charge in [0.1, 0.15) is 5.75 Å². The Morgan fingerprint density at radius 1 is 1.00 bits per heavy atom. The van der Waals surface area contributed by atoms with Crippen LogP contribution in [0.25, 0.3) is 0 Å². The third-order valence-corrected chi connectivity index (χ3v) is 3.59. The molecule has 0 aromatic heterocycles. The van der Waals surface area contributed by atoms with E-state index in [4.69, 9.17) is 9.84 Å². The Labute approximate surface area is 157 Å². The Balaban J connectivity index is 2.73. The van der Waals surface area contributed by atoms with Gasteiger partial charge < -0.3 is 19.7 Å². The highest BCUT2D eigenvalue weighted by Crippen LogP contribution is 2.20. The second-order valence-corrected chi connectivity index (χ2v) is 6.61. The van der Waals surface area contributed by atoms with Crippen LogP contribution in [0.4, 0.5) is 0 Å². The van der Waals surface area contributed by atoms with Crippen LogP contribution in [-0.4, -0.2) is 39.7 Å². The number of carboxylic acid groups (broad SMARTS) is 1. The third-order valence-electron chi connectivity index (χ3n) is 3.59. The normalized spacial score (nSPS) is 12.9. The van der Waals surface area contributed by atoms with E-state index in [2.05, 4.69) is 18.6 Å². The van der Waals surface area contributed by atoms with Crippen LogP contribution < -0.4 is 4.74 Å². The molecule has 1 aromatic rings. The molecule has 0 bridgehead atoms. The van der Waals surface area contributed by atoms with Crippen molar-refractivity contribution in [2.75, 3.05) is 0 Å². The number of carbonyl (C=O) groups excluding carboxylic acids is 3. The van der Waals surface area contributed by atoms with Crippen LogP contribution in [-0.2, 0) is 30.3 Å². The van der Waals surface area contributed by atoms with Gasteiger partial charge in [-0.1, -0.05) is 32.9 Å². The first-order chi connectivity index (χ1) is 12.6. The molecule has 0 spiro atoms. The van der Waals surface area contributed by atoms with Crippen LogP contribution in [0.1, 0.15) is 45.6 Å². The highest BCUT2D eigenvalue weighted by molar-refractivity contribution is 5.92. The average Bonchev–Trinajstić information content (AvgIpc) is 2.55. The van der Waals surface area contributed by atoms with Crippen LogP contribution in [0.15, 0.2) is 24.3 Å². The Morgan fingerprint density at radius 3 is 2.04 bits per heavy atom. The molecule has 0 amide bonds. The van der Waals surface area contributed by atoms with E-state index in [-0.39, 0.29) is 12.2 Å². The molecule has 0 fully saturated rings. The number of hydrogen-bond donors (Lipinski definition) is 2. The molecule has 8 nitrogen and oxygen atoms in total. The number of rotatable bonds is 9. The van der Waals surface area contributed by atoms with E-state index in [0.717, 1.165) is 12.0 Å². The van der Waals surface area contributed by atoms with E-state index in [1.165, 1.54) is 6.92 Å². The lowest BCUT2D eigenvalue weighted by atomic mass is 9.96. The largest absolute Gasteiger partial charge is 0.479 e. The van der Waals surface area contributed by atoms with Gasteiger partial charge in [0, 0.05) is 6.42 Å². The SMILES string of the molecule is CCC(=O)OC(=O)C[C@@](O)(CC(=O)Oc1ccc(CC(C)C)cc1)C(=O)O. The van der Waals surface area contributed by atoms with Crippen molar-refractivity contribution in [1.82, 2.24) is 0 Å². The highest BCUT2D eigenvalue weighted by Gasteiger charge is 2.42. The van der Waals surface area contributed by atoms with Gasteiger partial charge in [-0.05, 0) is 30.0 Å². The molecule has 0 saturated carbocycles. The van der Waals surface area contributed by atoms with E-state index < -0.39 is 42.3 Å². The summed E-state index contributed by atoms with van der Waals surface area (Å²) in [6, 6.07) is 6.67. The second-order valence-electron chi connectivity index (χ2n) is 6.61. The van der Waals surface area contributed by atoms with Gasteiger partial charge in [0.25, 0.3) is 0 Å². The lowest BCUT2D eigenvalue weighted by molar-refractivity contribution is -0.174. The van der Waals surface area contributed by atoms with Crippen LogP contribution in [0.3, 0.4) is 0 Å². The maximum Gasteiger partial charge on any atom is 0.336 e. The maximum atomic E-state index is 12.0. The summed E-state index contributed by atoms with van der Waals surface area (Å²) in [5, 5.41) is 19.3. The van der Waals surface area contributed by atoms with E-state index >= 15 is 0 Å². The predicted molar refractivity (Wildman–Crippen MR) is 93.8 cm³/mol. The van der Waals surface area contributed by atoms with Crippen LogP contribution in [0.5, 0.6) is 5.75 Å². The quantitative estimate of drug-likeness (QED) is 0.377. The van der Waals surface area contributed by atoms with Gasteiger partial charge in [0.15, 0.2) is 5.60 Å². The number of benzene rings is 1. The summed E-state index contributed by atoms with van der Waals surface area (Å²) in [5.74, 6) is -4.29. The number of carbonyl (C=O) groups is 4. The van der Waals surface area contributed by atoms with E-state index in [9.17, 15) is 24.3 Å². The molecule has 0 unspecified atom stereocenters. The van der Waals surface area contributed by atoms with Crippen molar-refractivity contribution < 1.29 is 38.9 Å². The molecule has 1 rings (SSSR count). The Hall–Kier alpha value is -2.74. The molecular weight excluding hydrogens is 356 g/mol. The fourth-order valence-electron chi connectivity index (χ4n) is 2.26. The lowest BCUT2D eigenvalue weighted by Crippen LogP contribution is -2.44. The molecule has 1 aromatic carbocycles. The summed E-state index contributed by atoms with van der Waals surface area (Å²) in [4.78, 5) is 45.9. The van der Waals surface area contributed by atoms with Gasteiger partial charge in [-0.25, -0.2) is 4.79 Å². The summed E-state index contributed by atoms with van der Waals surface area (Å²) in [6.45, 7) is 5.59. The van der Waals surface area contributed by atoms with Crippen molar-refractivity contribution >= 4 is 23.9 Å². The van der Waals surface area contributed by atoms with Crippen molar-refractivity contribution in [3.8, 4) is 5.75 Å². The summed E-state index contributed by atoms with van der Waals surface area (Å²) >= 11 is 0. The number of ether oxygens (including phenoxy) is 2. The average molecular weight is 380 g/mol.